The maximum absolute atomic E-state index is 15.3. The van der Waals surface area contributed by atoms with Crippen molar-refractivity contribution in [3.05, 3.63) is 35.6 Å². The monoisotopic (exact) mass is 466 g/mol. The molecule has 2 N–H and O–H groups in total. The Morgan fingerprint density at radius 3 is 2.59 bits per heavy atom. The number of amides is 1. The Balaban J connectivity index is 1.84. The number of hydrogen-bond donors (Lipinski definition) is 2. The summed E-state index contributed by atoms with van der Waals surface area (Å²) in [5.41, 5.74) is -0.431. The molecule has 0 unspecified atom stereocenters. The molecule has 3 rings (SSSR count). The van der Waals surface area contributed by atoms with E-state index in [-0.39, 0.29) is 17.5 Å². The normalized spacial score (nSPS) is 15.9. The maximum Gasteiger partial charge on any atom is 0.326 e. The summed E-state index contributed by atoms with van der Waals surface area (Å²) in [7, 11) is -4.27. The Labute approximate surface area is 186 Å². The van der Waals surface area contributed by atoms with E-state index in [0.717, 1.165) is 5.56 Å². The standard InChI is InChI=1S/C22H27FN2O6S/c1-13(2)31-21(28)22(3,4)9-5-6-14-7-8-15-11-17(26)20(19(23)16(15)10-14)25-12-18(27)24-32(25,29)30/h7-8,10-11,13,26H,5-6,9,12H2,1-4H3,(H,24,27). The van der Waals surface area contributed by atoms with Crippen molar-refractivity contribution in [2.75, 3.05) is 10.8 Å². The van der Waals surface area contributed by atoms with E-state index in [4.69, 9.17) is 4.74 Å². The predicted octanol–water partition coefficient (Wildman–Crippen LogP) is 3.17. The fourth-order valence-electron chi connectivity index (χ4n) is 3.62. The van der Waals surface area contributed by atoms with Crippen molar-refractivity contribution < 1.29 is 32.2 Å². The highest BCUT2D eigenvalue weighted by Gasteiger charge is 2.38. The van der Waals surface area contributed by atoms with Crippen molar-refractivity contribution in [2.24, 2.45) is 5.41 Å². The van der Waals surface area contributed by atoms with E-state index in [1.165, 1.54) is 6.07 Å². The molecule has 1 amide bonds. The molecular formula is C22H27FN2O6S. The summed E-state index contributed by atoms with van der Waals surface area (Å²) in [6.07, 6.45) is 1.59. The highest BCUT2D eigenvalue weighted by atomic mass is 32.2. The van der Waals surface area contributed by atoms with Gasteiger partial charge in [0.2, 0.25) is 0 Å². The van der Waals surface area contributed by atoms with Gasteiger partial charge in [-0.2, -0.15) is 8.42 Å². The number of phenols is 1. The first-order chi connectivity index (χ1) is 14.8. The summed E-state index contributed by atoms with van der Waals surface area (Å²) in [6, 6.07) is 6.28. The van der Waals surface area contributed by atoms with Gasteiger partial charge in [-0.15, -0.1) is 0 Å². The molecule has 0 aromatic heterocycles. The number of rotatable bonds is 7. The third-order valence-corrected chi connectivity index (χ3v) is 6.71. The smallest absolute Gasteiger partial charge is 0.326 e. The zero-order chi connectivity index (χ0) is 23.8. The summed E-state index contributed by atoms with van der Waals surface area (Å²) >= 11 is 0. The van der Waals surface area contributed by atoms with E-state index in [1.807, 2.05) is 13.8 Å². The van der Waals surface area contributed by atoms with E-state index in [2.05, 4.69) is 0 Å². The zero-order valence-electron chi connectivity index (χ0n) is 18.4. The lowest BCUT2D eigenvalue weighted by molar-refractivity contribution is -0.158. The second-order valence-electron chi connectivity index (χ2n) is 8.84. The van der Waals surface area contributed by atoms with E-state index >= 15 is 4.39 Å². The van der Waals surface area contributed by atoms with Gasteiger partial charge < -0.3 is 9.84 Å². The highest BCUT2D eigenvalue weighted by Crippen LogP contribution is 2.38. The van der Waals surface area contributed by atoms with Gasteiger partial charge in [-0.1, -0.05) is 12.1 Å². The van der Waals surface area contributed by atoms with E-state index < -0.39 is 45.3 Å². The number of esters is 1. The molecule has 10 heteroatoms. The first-order valence-corrected chi connectivity index (χ1v) is 11.7. The number of anilines is 1. The molecule has 8 nitrogen and oxygen atoms in total. The van der Waals surface area contributed by atoms with Gasteiger partial charge in [-0.25, -0.2) is 13.4 Å². The Morgan fingerprint density at radius 1 is 1.31 bits per heavy atom. The lowest BCUT2D eigenvalue weighted by Crippen LogP contribution is -2.30. The number of carbonyl (C=O) groups excluding carboxylic acids is 2. The van der Waals surface area contributed by atoms with Gasteiger partial charge in [0, 0.05) is 5.39 Å². The minimum Gasteiger partial charge on any atom is -0.506 e. The van der Waals surface area contributed by atoms with Crippen LogP contribution in [0, 0.1) is 11.2 Å². The predicted molar refractivity (Wildman–Crippen MR) is 118 cm³/mol. The lowest BCUT2D eigenvalue weighted by atomic mass is 9.86. The largest absolute Gasteiger partial charge is 0.506 e. The van der Waals surface area contributed by atoms with Crippen molar-refractivity contribution in [1.29, 1.82) is 0 Å². The molecule has 1 aliphatic heterocycles. The Hall–Kier alpha value is -2.88. The van der Waals surface area contributed by atoms with Crippen LogP contribution < -0.4 is 9.03 Å². The number of halogens is 1. The molecule has 0 saturated carbocycles. The number of benzene rings is 2. The Kier molecular flexibility index (Phi) is 6.37. The van der Waals surface area contributed by atoms with E-state index in [0.29, 0.717) is 29.0 Å². The van der Waals surface area contributed by atoms with Crippen molar-refractivity contribution >= 4 is 38.5 Å². The topological polar surface area (TPSA) is 113 Å². The van der Waals surface area contributed by atoms with Crippen LogP contribution in [0.3, 0.4) is 0 Å². The average molecular weight is 467 g/mol. The van der Waals surface area contributed by atoms with Gasteiger partial charge in [0.15, 0.2) is 5.82 Å². The van der Waals surface area contributed by atoms with Crippen LogP contribution in [0.5, 0.6) is 5.75 Å². The summed E-state index contributed by atoms with van der Waals surface area (Å²) < 4.78 is 47.1. The summed E-state index contributed by atoms with van der Waals surface area (Å²) in [5, 5.41) is 10.8. The van der Waals surface area contributed by atoms with Crippen LogP contribution in [-0.4, -0.2) is 38.0 Å². The highest BCUT2D eigenvalue weighted by molar-refractivity contribution is 7.92. The van der Waals surface area contributed by atoms with Gasteiger partial charge in [0.25, 0.3) is 5.91 Å². The van der Waals surface area contributed by atoms with Gasteiger partial charge in [-0.05, 0) is 70.0 Å². The lowest BCUT2D eigenvalue weighted by Gasteiger charge is -2.24. The van der Waals surface area contributed by atoms with Crippen LogP contribution in [-0.2, 0) is 31.0 Å². The molecule has 0 atom stereocenters. The fraction of sp³-hybridized carbons (Fsp3) is 0.455. The molecular weight excluding hydrogens is 439 g/mol. The van der Waals surface area contributed by atoms with Crippen LogP contribution in [0.4, 0.5) is 10.1 Å². The third-order valence-electron chi connectivity index (χ3n) is 5.33. The first-order valence-electron chi connectivity index (χ1n) is 10.3. The van der Waals surface area contributed by atoms with Crippen molar-refractivity contribution in [3.8, 4) is 5.75 Å². The number of carbonyl (C=O) groups is 2. The molecule has 1 fully saturated rings. The molecule has 1 heterocycles. The zero-order valence-corrected chi connectivity index (χ0v) is 19.3. The third kappa shape index (κ3) is 4.79. The second kappa shape index (κ2) is 8.57. The number of nitrogens with zero attached hydrogens (tertiary/aromatic N) is 1. The van der Waals surface area contributed by atoms with Crippen molar-refractivity contribution in [2.45, 2.75) is 53.1 Å². The molecule has 0 bridgehead atoms. The van der Waals surface area contributed by atoms with Crippen LogP contribution in [0.15, 0.2) is 24.3 Å². The molecule has 2 aromatic carbocycles. The maximum atomic E-state index is 15.3. The molecule has 32 heavy (non-hydrogen) atoms. The molecule has 0 radical (unpaired) electrons. The minimum atomic E-state index is -4.27. The molecule has 0 aliphatic carbocycles. The number of aromatic hydroxyl groups is 1. The van der Waals surface area contributed by atoms with Crippen molar-refractivity contribution in [1.82, 2.24) is 4.72 Å². The second-order valence-corrected chi connectivity index (χ2v) is 10.4. The quantitative estimate of drug-likeness (QED) is 0.606. The number of fused-ring (bicyclic) bond motifs is 1. The first kappa shape index (κ1) is 23.8. The van der Waals surface area contributed by atoms with Crippen LogP contribution in [0.1, 0.15) is 46.1 Å². The molecule has 2 aromatic rings. The Morgan fingerprint density at radius 2 is 2.00 bits per heavy atom. The SMILES string of the molecule is CC(C)OC(=O)C(C)(C)CCCc1ccc2cc(O)c(N3CC(=O)NS3(=O)=O)c(F)c2c1. The number of aryl methyl sites for hydroxylation is 1. The molecule has 1 aliphatic rings. The molecule has 174 valence electrons. The van der Waals surface area contributed by atoms with Crippen LogP contribution in [0.25, 0.3) is 10.8 Å². The van der Waals surface area contributed by atoms with Gasteiger partial charge in [-0.3, -0.25) is 9.59 Å². The van der Waals surface area contributed by atoms with Gasteiger partial charge in [0.05, 0.1) is 11.5 Å². The van der Waals surface area contributed by atoms with Crippen molar-refractivity contribution in [3.63, 3.8) is 0 Å². The Bertz CT molecular complexity index is 1180. The fourth-order valence-corrected chi connectivity index (χ4v) is 4.79. The number of nitrogens with one attached hydrogen (secondary N) is 1. The number of phenolic OH excluding ortho intramolecular Hbond substituents is 1. The summed E-state index contributed by atoms with van der Waals surface area (Å²) in [4.78, 5) is 23.7. The average Bonchev–Trinajstić information content (AvgIpc) is 2.93. The summed E-state index contributed by atoms with van der Waals surface area (Å²) in [5.74, 6) is -2.58. The number of ether oxygens (including phenoxy) is 1. The molecule has 1 saturated heterocycles. The molecule has 0 spiro atoms. The number of hydrogen-bond acceptors (Lipinski definition) is 6. The van der Waals surface area contributed by atoms with Gasteiger partial charge in [0.1, 0.15) is 18.0 Å². The minimum absolute atomic E-state index is 0.128. The van der Waals surface area contributed by atoms with E-state index in [1.54, 1.807) is 36.8 Å². The van der Waals surface area contributed by atoms with Gasteiger partial charge >= 0.3 is 16.2 Å². The van der Waals surface area contributed by atoms with Crippen LogP contribution >= 0.6 is 0 Å². The van der Waals surface area contributed by atoms with E-state index in [9.17, 15) is 23.1 Å². The van der Waals surface area contributed by atoms with Crippen LogP contribution in [0.2, 0.25) is 0 Å². The summed E-state index contributed by atoms with van der Waals surface area (Å²) in [6.45, 7) is 6.61.